The Morgan fingerprint density at radius 2 is 1.95 bits per heavy atom. The lowest BCUT2D eigenvalue weighted by molar-refractivity contribution is 0.432. The quantitative estimate of drug-likeness (QED) is 0.830. The van der Waals surface area contributed by atoms with E-state index in [2.05, 4.69) is 54.9 Å². The molecule has 1 aliphatic rings. The molecule has 1 nitrogen and oxygen atoms in total. The molecule has 3 rings (SSSR count). The molecule has 20 heavy (non-hydrogen) atoms. The summed E-state index contributed by atoms with van der Waals surface area (Å²) in [5.74, 6) is 0.706. The molecule has 2 aromatic rings. The van der Waals surface area contributed by atoms with E-state index in [4.69, 9.17) is 0 Å². The van der Waals surface area contributed by atoms with E-state index in [-0.39, 0.29) is 0 Å². The molecule has 1 aromatic heterocycles. The Balaban J connectivity index is 1.74. The van der Waals surface area contributed by atoms with Crippen LogP contribution in [-0.4, -0.2) is 0 Å². The fourth-order valence-electron chi connectivity index (χ4n) is 3.27. The first kappa shape index (κ1) is 13.8. The third kappa shape index (κ3) is 2.68. The summed E-state index contributed by atoms with van der Waals surface area (Å²) in [6.07, 6.45) is 3.68. The summed E-state index contributed by atoms with van der Waals surface area (Å²) in [5, 5.41) is 6.00. The summed E-state index contributed by atoms with van der Waals surface area (Å²) < 4.78 is 0. The Morgan fingerprint density at radius 3 is 2.75 bits per heavy atom. The van der Waals surface area contributed by atoms with E-state index in [9.17, 15) is 0 Å². The topological polar surface area (TPSA) is 12.0 Å². The van der Waals surface area contributed by atoms with Gasteiger partial charge in [-0.05, 0) is 53.3 Å². The van der Waals surface area contributed by atoms with Gasteiger partial charge in [-0.3, -0.25) is 0 Å². The Labute approximate surface area is 126 Å². The predicted octanol–water partition coefficient (Wildman–Crippen LogP) is 5.04. The number of nitrogens with one attached hydrogen (secondary N) is 1. The molecule has 0 saturated carbocycles. The van der Waals surface area contributed by atoms with Crippen molar-refractivity contribution < 1.29 is 0 Å². The summed E-state index contributed by atoms with van der Waals surface area (Å²) >= 11 is 1.88. The molecule has 0 bridgehead atoms. The maximum Gasteiger partial charge on any atom is 0.0326 e. The van der Waals surface area contributed by atoms with Crippen LogP contribution in [0.2, 0.25) is 0 Å². The maximum atomic E-state index is 3.79. The molecular weight excluding hydrogens is 262 g/mol. The molecule has 106 valence electrons. The molecule has 1 N–H and O–H groups in total. The first-order chi connectivity index (χ1) is 9.79. The molecule has 0 saturated heterocycles. The number of aryl methyl sites for hydroxylation is 1. The number of rotatable bonds is 4. The molecule has 0 amide bonds. The zero-order valence-corrected chi connectivity index (χ0v) is 13.2. The molecular formula is C18H23NS. The third-order valence-electron chi connectivity index (χ3n) is 4.52. The van der Waals surface area contributed by atoms with Crippen LogP contribution >= 0.6 is 11.3 Å². The van der Waals surface area contributed by atoms with Crippen LogP contribution < -0.4 is 5.32 Å². The fourth-order valence-corrected chi connectivity index (χ4v) is 4.20. The van der Waals surface area contributed by atoms with Crippen molar-refractivity contribution in [1.29, 1.82) is 0 Å². The SMILES string of the molecule is CCc1ccsc1CNC1CCC(C)c2ccccc21. The highest BCUT2D eigenvalue weighted by Gasteiger charge is 2.23. The molecule has 2 heteroatoms. The number of hydrogen-bond donors (Lipinski definition) is 1. The van der Waals surface area contributed by atoms with Gasteiger partial charge in [0.2, 0.25) is 0 Å². The molecule has 0 spiro atoms. The van der Waals surface area contributed by atoms with Gasteiger partial charge in [0.15, 0.2) is 0 Å². The van der Waals surface area contributed by atoms with Crippen molar-refractivity contribution in [3.63, 3.8) is 0 Å². The van der Waals surface area contributed by atoms with E-state index in [1.165, 1.54) is 34.4 Å². The molecule has 0 aliphatic heterocycles. The molecule has 1 aliphatic carbocycles. The smallest absolute Gasteiger partial charge is 0.0326 e. The second kappa shape index (κ2) is 6.11. The van der Waals surface area contributed by atoms with Crippen molar-refractivity contribution in [1.82, 2.24) is 5.32 Å². The van der Waals surface area contributed by atoms with Crippen LogP contribution in [0.3, 0.4) is 0 Å². The van der Waals surface area contributed by atoms with Crippen molar-refractivity contribution in [2.24, 2.45) is 0 Å². The highest BCUT2D eigenvalue weighted by atomic mass is 32.1. The molecule has 0 radical (unpaired) electrons. The summed E-state index contributed by atoms with van der Waals surface area (Å²) in [7, 11) is 0. The average Bonchev–Trinajstić information content (AvgIpc) is 2.94. The summed E-state index contributed by atoms with van der Waals surface area (Å²) in [6.45, 7) is 5.60. The van der Waals surface area contributed by atoms with Gasteiger partial charge in [0.05, 0.1) is 0 Å². The molecule has 2 unspecified atom stereocenters. The van der Waals surface area contributed by atoms with Crippen molar-refractivity contribution in [3.05, 3.63) is 57.3 Å². The minimum Gasteiger partial charge on any atom is -0.305 e. The normalized spacial score (nSPS) is 21.7. The first-order valence-electron chi connectivity index (χ1n) is 7.67. The number of fused-ring (bicyclic) bond motifs is 1. The van der Waals surface area contributed by atoms with Gasteiger partial charge in [0, 0.05) is 17.5 Å². The van der Waals surface area contributed by atoms with Crippen LogP contribution in [0.15, 0.2) is 35.7 Å². The maximum absolute atomic E-state index is 3.79. The molecule has 2 atom stereocenters. The Hall–Kier alpha value is -1.12. The van der Waals surface area contributed by atoms with Gasteiger partial charge >= 0.3 is 0 Å². The van der Waals surface area contributed by atoms with E-state index in [1.807, 2.05) is 11.3 Å². The highest BCUT2D eigenvalue weighted by molar-refractivity contribution is 7.10. The number of hydrogen-bond acceptors (Lipinski definition) is 2. The summed E-state index contributed by atoms with van der Waals surface area (Å²) in [5.41, 5.74) is 4.55. The lowest BCUT2D eigenvalue weighted by Crippen LogP contribution is -2.25. The van der Waals surface area contributed by atoms with Gasteiger partial charge in [0.25, 0.3) is 0 Å². The van der Waals surface area contributed by atoms with Crippen LogP contribution in [-0.2, 0) is 13.0 Å². The fraction of sp³-hybridized carbons (Fsp3) is 0.444. The van der Waals surface area contributed by atoms with Gasteiger partial charge in [-0.1, -0.05) is 38.1 Å². The van der Waals surface area contributed by atoms with Gasteiger partial charge in [0.1, 0.15) is 0 Å². The largest absolute Gasteiger partial charge is 0.305 e. The third-order valence-corrected chi connectivity index (χ3v) is 5.48. The standard InChI is InChI=1S/C18H23NS/c1-3-14-10-11-20-18(14)12-19-17-9-8-13(2)15-6-4-5-7-16(15)17/h4-7,10-11,13,17,19H,3,8-9,12H2,1-2H3. The molecule has 1 heterocycles. The van der Waals surface area contributed by atoms with Gasteiger partial charge in [-0.15, -0.1) is 11.3 Å². The zero-order chi connectivity index (χ0) is 13.9. The van der Waals surface area contributed by atoms with Gasteiger partial charge in [-0.2, -0.15) is 0 Å². The van der Waals surface area contributed by atoms with Crippen LogP contribution in [0, 0.1) is 0 Å². The summed E-state index contributed by atoms with van der Waals surface area (Å²) in [6, 6.07) is 11.7. The second-order valence-corrected chi connectivity index (χ2v) is 6.76. The number of benzene rings is 1. The van der Waals surface area contributed by atoms with E-state index < -0.39 is 0 Å². The Morgan fingerprint density at radius 1 is 1.15 bits per heavy atom. The second-order valence-electron chi connectivity index (χ2n) is 5.76. The van der Waals surface area contributed by atoms with E-state index in [1.54, 1.807) is 0 Å². The number of thiophene rings is 1. The van der Waals surface area contributed by atoms with Crippen molar-refractivity contribution >= 4 is 11.3 Å². The average molecular weight is 285 g/mol. The summed E-state index contributed by atoms with van der Waals surface area (Å²) in [4.78, 5) is 1.50. The van der Waals surface area contributed by atoms with Crippen molar-refractivity contribution in [2.45, 2.75) is 51.6 Å². The van der Waals surface area contributed by atoms with Gasteiger partial charge < -0.3 is 5.32 Å². The Kier molecular flexibility index (Phi) is 4.23. The van der Waals surface area contributed by atoms with Crippen LogP contribution in [0.4, 0.5) is 0 Å². The minimum atomic E-state index is 0.522. The predicted molar refractivity (Wildman–Crippen MR) is 87.4 cm³/mol. The zero-order valence-electron chi connectivity index (χ0n) is 12.4. The molecule has 0 fully saturated rings. The Bertz CT molecular complexity index is 572. The lowest BCUT2D eigenvalue weighted by Gasteiger charge is -2.30. The lowest BCUT2D eigenvalue weighted by atomic mass is 9.81. The van der Waals surface area contributed by atoms with E-state index >= 15 is 0 Å². The highest BCUT2D eigenvalue weighted by Crippen LogP contribution is 2.37. The van der Waals surface area contributed by atoms with Crippen LogP contribution in [0.5, 0.6) is 0 Å². The van der Waals surface area contributed by atoms with Gasteiger partial charge in [-0.25, -0.2) is 0 Å². The van der Waals surface area contributed by atoms with E-state index in [0.717, 1.165) is 13.0 Å². The molecule has 1 aromatic carbocycles. The van der Waals surface area contributed by atoms with Crippen molar-refractivity contribution in [3.8, 4) is 0 Å². The van der Waals surface area contributed by atoms with Crippen LogP contribution in [0.25, 0.3) is 0 Å². The van der Waals surface area contributed by atoms with E-state index in [0.29, 0.717) is 12.0 Å². The minimum absolute atomic E-state index is 0.522. The van der Waals surface area contributed by atoms with Crippen molar-refractivity contribution in [2.75, 3.05) is 0 Å². The van der Waals surface area contributed by atoms with Crippen LogP contribution in [0.1, 0.15) is 60.2 Å². The monoisotopic (exact) mass is 285 g/mol. The first-order valence-corrected chi connectivity index (χ1v) is 8.55.